The number of carbonyl (C=O) groups is 2. The standard InChI is InChI=1S/C21H22FN5O5S/c1-32-19-9-8-15(33(30,31)26-13-4-5-13)10-16(19)24-21(29)17-11-18(20(23)28)27(25-17)14-6-2-12(22)3-7-14/h2-3,6-10,13,18,26H,4-5,11H2,1H3,(H2,23,28)(H,24,29). The van der Waals surface area contributed by atoms with Crippen molar-refractivity contribution in [3.63, 3.8) is 0 Å². The monoisotopic (exact) mass is 475 g/mol. The maximum Gasteiger partial charge on any atom is 0.272 e. The highest BCUT2D eigenvalue weighted by Gasteiger charge is 2.35. The molecule has 2 amide bonds. The third-order valence-electron chi connectivity index (χ3n) is 5.22. The fraction of sp³-hybridized carbons (Fsp3) is 0.286. The Bertz CT molecular complexity index is 1230. The summed E-state index contributed by atoms with van der Waals surface area (Å²) in [5, 5.41) is 8.06. The highest BCUT2D eigenvalue weighted by molar-refractivity contribution is 7.89. The lowest BCUT2D eigenvalue weighted by atomic mass is 10.1. The first-order valence-corrected chi connectivity index (χ1v) is 11.6. The average Bonchev–Trinajstić information content (AvgIpc) is 3.46. The minimum Gasteiger partial charge on any atom is -0.495 e. The van der Waals surface area contributed by atoms with E-state index >= 15 is 0 Å². The number of carbonyl (C=O) groups excluding carboxylic acids is 2. The zero-order valence-electron chi connectivity index (χ0n) is 17.6. The first kappa shape index (κ1) is 22.7. The molecule has 0 spiro atoms. The lowest BCUT2D eigenvalue weighted by Crippen LogP contribution is -2.39. The maximum atomic E-state index is 13.3. The van der Waals surface area contributed by atoms with Gasteiger partial charge in [-0.25, -0.2) is 17.5 Å². The Balaban J connectivity index is 1.59. The molecule has 1 aliphatic carbocycles. The minimum absolute atomic E-state index is 0.00505. The van der Waals surface area contributed by atoms with Gasteiger partial charge in [-0.05, 0) is 55.3 Å². The molecule has 2 aromatic carbocycles. The number of sulfonamides is 1. The number of primary amides is 1. The topological polar surface area (TPSA) is 143 Å². The maximum absolute atomic E-state index is 13.3. The van der Waals surface area contributed by atoms with E-state index in [2.05, 4.69) is 15.1 Å². The molecule has 2 aliphatic rings. The molecule has 1 saturated carbocycles. The summed E-state index contributed by atoms with van der Waals surface area (Å²) in [6.45, 7) is 0. The summed E-state index contributed by atoms with van der Waals surface area (Å²) >= 11 is 0. The number of halogens is 1. The second-order valence-corrected chi connectivity index (χ2v) is 9.42. The van der Waals surface area contributed by atoms with Gasteiger partial charge in [0.2, 0.25) is 15.9 Å². The predicted octanol–water partition coefficient (Wildman–Crippen LogP) is 1.33. The van der Waals surface area contributed by atoms with Crippen LogP contribution in [0.3, 0.4) is 0 Å². The van der Waals surface area contributed by atoms with Crippen molar-refractivity contribution in [2.75, 3.05) is 17.4 Å². The Kier molecular flexibility index (Phi) is 6.04. The van der Waals surface area contributed by atoms with Crippen molar-refractivity contribution < 1.29 is 27.1 Å². The quantitative estimate of drug-likeness (QED) is 0.526. The predicted molar refractivity (Wildman–Crippen MR) is 119 cm³/mol. The van der Waals surface area contributed by atoms with Crippen LogP contribution in [0.15, 0.2) is 52.5 Å². The van der Waals surface area contributed by atoms with E-state index in [9.17, 15) is 22.4 Å². The summed E-state index contributed by atoms with van der Waals surface area (Å²) in [7, 11) is -2.37. The van der Waals surface area contributed by atoms with Crippen LogP contribution in [0.25, 0.3) is 0 Å². The first-order chi connectivity index (χ1) is 15.7. The number of nitrogens with zero attached hydrogens (tertiary/aromatic N) is 2. The van der Waals surface area contributed by atoms with Gasteiger partial charge in [0.1, 0.15) is 23.3 Å². The van der Waals surface area contributed by atoms with E-state index in [0.717, 1.165) is 12.8 Å². The lowest BCUT2D eigenvalue weighted by molar-refractivity contribution is -0.119. The third kappa shape index (κ3) is 4.96. The van der Waals surface area contributed by atoms with Gasteiger partial charge < -0.3 is 15.8 Å². The highest BCUT2D eigenvalue weighted by atomic mass is 32.2. The Morgan fingerprint density at radius 3 is 2.48 bits per heavy atom. The SMILES string of the molecule is COc1ccc(S(=O)(=O)NC2CC2)cc1NC(=O)C1=NN(c2ccc(F)cc2)C(C(N)=O)C1. The molecule has 33 heavy (non-hydrogen) atoms. The molecule has 0 saturated heterocycles. The molecule has 4 N–H and O–H groups in total. The smallest absolute Gasteiger partial charge is 0.272 e. The summed E-state index contributed by atoms with van der Waals surface area (Å²) in [4.78, 5) is 24.8. The molecule has 10 nitrogen and oxygen atoms in total. The van der Waals surface area contributed by atoms with Crippen molar-refractivity contribution in [2.24, 2.45) is 10.8 Å². The van der Waals surface area contributed by atoms with Crippen LogP contribution in [-0.2, 0) is 19.6 Å². The second-order valence-electron chi connectivity index (χ2n) is 7.70. The van der Waals surface area contributed by atoms with E-state index in [4.69, 9.17) is 10.5 Å². The number of ether oxygens (including phenoxy) is 1. The highest BCUT2D eigenvalue weighted by Crippen LogP contribution is 2.30. The van der Waals surface area contributed by atoms with Crippen LogP contribution in [0, 0.1) is 5.82 Å². The molecule has 0 aromatic heterocycles. The molecule has 4 rings (SSSR count). The molecule has 1 fully saturated rings. The number of hydrazone groups is 1. The number of methoxy groups -OCH3 is 1. The largest absolute Gasteiger partial charge is 0.495 e. The Labute approximate surface area is 189 Å². The molecule has 174 valence electrons. The zero-order chi connectivity index (χ0) is 23.8. The van der Waals surface area contributed by atoms with Crippen LogP contribution in [0.2, 0.25) is 0 Å². The van der Waals surface area contributed by atoms with Crippen molar-refractivity contribution >= 4 is 38.9 Å². The summed E-state index contributed by atoms with van der Waals surface area (Å²) in [5.41, 5.74) is 5.98. The van der Waals surface area contributed by atoms with Crippen LogP contribution < -0.4 is 25.5 Å². The Morgan fingerprint density at radius 2 is 1.88 bits per heavy atom. The van der Waals surface area contributed by atoms with Gasteiger partial charge in [0.25, 0.3) is 5.91 Å². The van der Waals surface area contributed by atoms with Gasteiger partial charge in [-0.3, -0.25) is 14.6 Å². The van der Waals surface area contributed by atoms with E-state index in [0.29, 0.717) is 5.69 Å². The van der Waals surface area contributed by atoms with Gasteiger partial charge in [0, 0.05) is 12.5 Å². The normalized spacial score (nSPS) is 18.1. The fourth-order valence-electron chi connectivity index (χ4n) is 3.34. The molecule has 2 aromatic rings. The number of nitrogens with two attached hydrogens (primary N) is 1. The molecular weight excluding hydrogens is 453 g/mol. The number of benzene rings is 2. The van der Waals surface area contributed by atoms with Crippen molar-refractivity contribution in [2.45, 2.75) is 36.2 Å². The number of hydrogen-bond acceptors (Lipinski definition) is 7. The van der Waals surface area contributed by atoms with Crippen molar-refractivity contribution in [3.8, 4) is 5.75 Å². The number of hydrogen-bond donors (Lipinski definition) is 3. The molecular formula is C21H22FN5O5S. The second kappa shape index (κ2) is 8.79. The molecule has 0 radical (unpaired) electrons. The Hall–Kier alpha value is -3.51. The number of amides is 2. The molecule has 1 atom stereocenters. The summed E-state index contributed by atoms with van der Waals surface area (Å²) in [6, 6.07) is 8.33. The van der Waals surface area contributed by atoms with Gasteiger partial charge in [0.05, 0.1) is 23.4 Å². The third-order valence-corrected chi connectivity index (χ3v) is 6.74. The van der Waals surface area contributed by atoms with Gasteiger partial charge in [-0.1, -0.05) is 0 Å². The van der Waals surface area contributed by atoms with Gasteiger partial charge >= 0.3 is 0 Å². The number of anilines is 2. The van der Waals surface area contributed by atoms with Crippen molar-refractivity contribution in [1.82, 2.24) is 4.72 Å². The summed E-state index contributed by atoms with van der Waals surface area (Å²) in [5.74, 6) is -1.58. The van der Waals surface area contributed by atoms with E-state index < -0.39 is 33.7 Å². The van der Waals surface area contributed by atoms with Crippen LogP contribution in [-0.4, -0.2) is 45.1 Å². The number of rotatable bonds is 8. The van der Waals surface area contributed by atoms with E-state index in [1.807, 2.05) is 0 Å². The van der Waals surface area contributed by atoms with Crippen LogP contribution in [0.5, 0.6) is 5.75 Å². The van der Waals surface area contributed by atoms with E-state index in [-0.39, 0.29) is 34.5 Å². The van der Waals surface area contributed by atoms with E-state index in [1.54, 1.807) is 0 Å². The van der Waals surface area contributed by atoms with Crippen LogP contribution >= 0.6 is 0 Å². The zero-order valence-corrected chi connectivity index (χ0v) is 18.4. The lowest BCUT2D eigenvalue weighted by Gasteiger charge is -2.20. The summed E-state index contributed by atoms with van der Waals surface area (Å²) in [6.07, 6.45) is 1.48. The van der Waals surface area contributed by atoms with Gasteiger partial charge in [0.15, 0.2) is 0 Å². The average molecular weight is 476 g/mol. The first-order valence-electron chi connectivity index (χ1n) is 10.1. The Morgan fingerprint density at radius 1 is 1.18 bits per heavy atom. The van der Waals surface area contributed by atoms with E-state index in [1.165, 1.54) is 54.6 Å². The number of nitrogens with one attached hydrogen (secondary N) is 2. The summed E-state index contributed by atoms with van der Waals surface area (Å²) < 4.78 is 46.2. The van der Waals surface area contributed by atoms with Crippen LogP contribution in [0.1, 0.15) is 19.3 Å². The molecule has 1 heterocycles. The van der Waals surface area contributed by atoms with Gasteiger partial charge in [-0.2, -0.15) is 5.10 Å². The van der Waals surface area contributed by atoms with Crippen molar-refractivity contribution in [3.05, 3.63) is 48.3 Å². The molecule has 1 unspecified atom stereocenters. The molecule has 0 bridgehead atoms. The molecule has 12 heteroatoms. The fourth-order valence-corrected chi connectivity index (χ4v) is 4.67. The minimum atomic E-state index is -3.75. The van der Waals surface area contributed by atoms with Crippen LogP contribution in [0.4, 0.5) is 15.8 Å². The molecule has 1 aliphatic heterocycles. The van der Waals surface area contributed by atoms with Crippen molar-refractivity contribution in [1.29, 1.82) is 0 Å². The van der Waals surface area contributed by atoms with Gasteiger partial charge in [-0.15, -0.1) is 0 Å².